The Morgan fingerprint density at radius 3 is 2.63 bits per heavy atom. The van der Waals surface area contributed by atoms with Crippen molar-refractivity contribution in [3.8, 4) is 0 Å². The van der Waals surface area contributed by atoms with Crippen molar-refractivity contribution in [2.24, 2.45) is 0 Å². The van der Waals surface area contributed by atoms with Crippen molar-refractivity contribution < 1.29 is 8.78 Å². The number of nitrogens with one attached hydrogen (secondary N) is 1. The molecular weight excluding hydrogens is 408 g/mol. The molecule has 3 heterocycles. The molecule has 4 aromatic rings. The van der Waals surface area contributed by atoms with Gasteiger partial charge in [-0.15, -0.1) is 0 Å². The number of rotatable bonds is 3. The highest BCUT2D eigenvalue weighted by Crippen LogP contribution is 2.29. The van der Waals surface area contributed by atoms with E-state index in [-0.39, 0.29) is 16.9 Å². The lowest BCUT2D eigenvalue weighted by molar-refractivity contribution is 0.193. The molecule has 0 spiro atoms. The number of anilines is 1. The van der Waals surface area contributed by atoms with Gasteiger partial charge in [0.15, 0.2) is 0 Å². The minimum absolute atomic E-state index is 0.0491. The van der Waals surface area contributed by atoms with Crippen molar-refractivity contribution in [1.29, 1.82) is 0 Å². The van der Waals surface area contributed by atoms with Crippen LogP contribution in [0.1, 0.15) is 18.8 Å². The summed E-state index contributed by atoms with van der Waals surface area (Å²) in [7, 11) is 0. The molecule has 1 fully saturated rings. The number of imidazole rings is 1. The Morgan fingerprint density at radius 2 is 1.83 bits per heavy atom. The van der Waals surface area contributed by atoms with Gasteiger partial charge >= 0.3 is 0 Å². The second-order valence-corrected chi connectivity index (χ2v) is 8.00. The topological polar surface area (TPSA) is 48.1 Å². The molecule has 2 aromatic carbocycles. The zero-order valence-corrected chi connectivity index (χ0v) is 17.1. The summed E-state index contributed by atoms with van der Waals surface area (Å²) in [6.45, 7) is 5.35. The third kappa shape index (κ3) is 3.38. The summed E-state index contributed by atoms with van der Waals surface area (Å²) in [6.07, 6.45) is 1.77. The number of pyridine rings is 1. The van der Waals surface area contributed by atoms with Crippen LogP contribution < -0.4 is 4.90 Å². The van der Waals surface area contributed by atoms with Crippen LogP contribution in [-0.4, -0.2) is 46.0 Å². The second kappa shape index (κ2) is 7.49. The summed E-state index contributed by atoms with van der Waals surface area (Å²) in [5, 5.41) is 0.901. The maximum absolute atomic E-state index is 13.8. The maximum Gasteiger partial charge on any atom is 0.144 e. The molecular formula is C22H20ClF2N5. The van der Waals surface area contributed by atoms with Crippen LogP contribution in [0.5, 0.6) is 0 Å². The van der Waals surface area contributed by atoms with Crippen molar-refractivity contribution in [3.63, 3.8) is 0 Å². The fraction of sp³-hybridized carbons (Fsp3) is 0.273. The maximum atomic E-state index is 13.8. The van der Waals surface area contributed by atoms with E-state index in [2.05, 4.69) is 31.7 Å². The highest BCUT2D eigenvalue weighted by Gasteiger charge is 2.25. The van der Waals surface area contributed by atoms with Crippen LogP contribution in [0.3, 0.4) is 0 Å². The number of fused-ring (bicyclic) bond motifs is 2. The number of halogens is 3. The van der Waals surface area contributed by atoms with Crippen molar-refractivity contribution in [2.75, 3.05) is 31.1 Å². The molecule has 30 heavy (non-hydrogen) atoms. The SMILES string of the molecule is CC(c1nc2cc(Cl)c(F)cc2[nH]1)N1CCN(c2ccnc3ccc(F)cc23)CC1. The Hall–Kier alpha value is -2.77. The minimum atomic E-state index is -0.457. The van der Waals surface area contributed by atoms with Gasteiger partial charge in [-0.3, -0.25) is 9.88 Å². The van der Waals surface area contributed by atoms with Crippen LogP contribution >= 0.6 is 11.6 Å². The van der Waals surface area contributed by atoms with E-state index in [4.69, 9.17) is 11.6 Å². The van der Waals surface area contributed by atoms with Gasteiger partial charge in [0, 0.05) is 49.5 Å². The van der Waals surface area contributed by atoms with Crippen molar-refractivity contribution in [2.45, 2.75) is 13.0 Å². The van der Waals surface area contributed by atoms with Gasteiger partial charge in [-0.25, -0.2) is 13.8 Å². The van der Waals surface area contributed by atoms with Crippen molar-refractivity contribution >= 4 is 39.2 Å². The second-order valence-electron chi connectivity index (χ2n) is 7.60. The third-order valence-electron chi connectivity index (χ3n) is 5.82. The quantitative estimate of drug-likeness (QED) is 0.504. The van der Waals surface area contributed by atoms with Crippen LogP contribution in [0.2, 0.25) is 5.02 Å². The van der Waals surface area contributed by atoms with Gasteiger partial charge in [-0.1, -0.05) is 11.6 Å². The van der Waals surface area contributed by atoms with Gasteiger partial charge < -0.3 is 9.88 Å². The lowest BCUT2D eigenvalue weighted by Crippen LogP contribution is -2.47. The molecule has 8 heteroatoms. The van der Waals surface area contributed by atoms with Gasteiger partial charge in [0.05, 0.1) is 27.6 Å². The summed E-state index contributed by atoms with van der Waals surface area (Å²) < 4.78 is 27.5. The highest BCUT2D eigenvalue weighted by atomic mass is 35.5. The molecule has 154 valence electrons. The van der Waals surface area contributed by atoms with Gasteiger partial charge in [-0.2, -0.15) is 0 Å². The van der Waals surface area contributed by atoms with Crippen LogP contribution in [0.4, 0.5) is 14.5 Å². The first kappa shape index (κ1) is 19.2. The number of aromatic amines is 1. The monoisotopic (exact) mass is 427 g/mol. The summed E-state index contributed by atoms with van der Waals surface area (Å²) in [4.78, 5) is 16.8. The molecule has 5 nitrogen and oxygen atoms in total. The minimum Gasteiger partial charge on any atom is -0.368 e. The fourth-order valence-electron chi connectivity index (χ4n) is 4.13. The lowest BCUT2D eigenvalue weighted by Gasteiger charge is -2.38. The molecule has 5 rings (SSSR count). The van der Waals surface area contributed by atoms with Gasteiger partial charge in [0.2, 0.25) is 0 Å². The molecule has 1 unspecified atom stereocenters. The predicted molar refractivity (Wildman–Crippen MR) is 115 cm³/mol. The molecule has 1 atom stereocenters. The van der Waals surface area contributed by atoms with Crippen LogP contribution in [0.15, 0.2) is 42.6 Å². The van der Waals surface area contributed by atoms with E-state index >= 15 is 0 Å². The van der Waals surface area contributed by atoms with Crippen molar-refractivity contribution in [3.05, 3.63) is 65.1 Å². The van der Waals surface area contributed by atoms with Gasteiger partial charge in [0.25, 0.3) is 0 Å². The van der Waals surface area contributed by atoms with E-state index in [1.165, 1.54) is 12.1 Å². The predicted octanol–water partition coefficient (Wildman–Crippen LogP) is 4.93. The summed E-state index contributed by atoms with van der Waals surface area (Å²) in [5.74, 6) is 0.0728. The lowest BCUT2D eigenvalue weighted by atomic mass is 10.1. The van der Waals surface area contributed by atoms with Crippen LogP contribution in [-0.2, 0) is 0 Å². The Morgan fingerprint density at radius 1 is 1.03 bits per heavy atom. The molecule has 0 aliphatic carbocycles. The zero-order chi connectivity index (χ0) is 20.8. The van der Waals surface area contributed by atoms with E-state index in [1.54, 1.807) is 24.4 Å². The Kier molecular flexibility index (Phi) is 4.79. The number of benzene rings is 2. The number of H-pyrrole nitrogens is 1. The Balaban J connectivity index is 1.34. The normalized spacial score (nSPS) is 16.5. The summed E-state index contributed by atoms with van der Waals surface area (Å²) >= 11 is 5.88. The molecule has 2 aromatic heterocycles. The molecule has 0 radical (unpaired) electrons. The number of piperazine rings is 1. The fourth-order valence-corrected chi connectivity index (χ4v) is 4.28. The summed E-state index contributed by atoms with van der Waals surface area (Å²) in [5.41, 5.74) is 3.09. The Bertz CT molecular complexity index is 1190. The average Bonchev–Trinajstić information content (AvgIpc) is 3.16. The van der Waals surface area contributed by atoms with Gasteiger partial charge in [0.1, 0.15) is 17.5 Å². The molecule has 0 bridgehead atoms. The van der Waals surface area contributed by atoms with E-state index < -0.39 is 5.82 Å². The average molecular weight is 428 g/mol. The first-order valence-electron chi connectivity index (χ1n) is 9.87. The Labute approximate surface area is 177 Å². The third-order valence-corrected chi connectivity index (χ3v) is 6.11. The largest absolute Gasteiger partial charge is 0.368 e. The van der Waals surface area contributed by atoms with Crippen molar-refractivity contribution in [1.82, 2.24) is 19.9 Å². The molecule has 1 N–H and O–H groups in total. The molecule has 0 amide bonds. The number of aromatic nitrogens is 3. The summed E-state index contributed by atoms with van der Waals surface area (Å²) in [6, 6.07) is 9.61. The molecule has 1 saturated heterocycles. The molecule has 0 saturated carbocycles. The first-order chi connectivity index (χ1) is 14.5. The van der Waals surface area contributed by atoms with Crippen LogP contribution in [0, 0.1) is 11.6 Å². The molecule has 1 aliphatic heterocycles. The van der Waals surface area contributed by atoms with E-state index in [1.807, 2.05) is 6.07 Å². The van der Waals surface area contributed by atoms with E-state index in [0.717, 1.165) is 48.6 Å². The number of hydrogen-bond donors (Lipinski definition) is 1. The number of hydrogen-bond acceptors (Lipinski definition) is 4. The standard InChI is InChI=1S/C22H20ClF2N5/c1-13(22-27-19-11-16(23)17(25)12-20(19)28-22)29-6-8-30(9-7-29)21-4-5-26-18-3-2-14(24)10-15(18)21/h2-5,10-13H,6-9H2,1H3,(H,27,28). The first-order valence-corrected chi connectivity index (χ1v) is 10.3. The highest BCUT2D eigenvalue weighted by molar-refractivity contribution is 6.31. The van der Waals surface area contributed by atoms with Crippen LogP contribution in [0.25, 0.3) is 21.9 Å². The van der Waals surface area contributed by atoms with E-state index in [0.29, 0.717) is 11.0 Å². The molecule has 1 aliphatic rings. The van der Waals surface area contributed by atoms with E-state index in [9.17, 15) is 8.78 Å². The zero-order valence-electron chi connectivity index (χ0n) is 16.4. The number of nitrogens with zero attached hydrogens (tertiary/aromatic N) is 4. The van der Waals surface area contributed by atoms with Gasteiger partial charge in [-0.05, 0) is 37.3 Å². The smallest absolute Gasteiger partial charge is 0.144 e.